The number of rotatable bonds is 3. The first kappa shape index (κ1) is 13.5. The Labute approximate surface area is 95.8 Å². The van der Waals surface area contributed by atoms with E-state index in [0.29, 0.717) is 5.56 Å². The van der Waals surface area contributed by atoms with Gasteiger partial charge in [0.05, 0.1) is 6.21 Å². The van der Waals surface area contributed by atoms with Gasteiger partial charge in [-0.2, -0.15) is 21.6 Å². The molecular formula is C9H8F3NO3S. The molecule has 8 heteroatoms. The fourth-order valence-electron chi connectivity index (χ4n) is 0.909. The Morgan fingerprint density at radius 3 is 2.41 bits per heavy atom. The minimum absolute atomic E-state index is 0.463. The lowest BCUT2D eigenvalue weighted by molar-refractivity contribution is -0.0540. The Morgan fingerprint density at radius 2 is 1.88 bits per heavy atom. The molecule has 0 unspecified atom stereocenters. The van der Waals surface area contributed by atoms with Gasteiger partial charge in [-0.3, -0.25) is 4.28 Å². The van der Waals surface area contributed by atoms with Crippen molar-refractivity contribution in [3.8, 4) is 0 Å². The highest BCUT2D eigenvalue weighted by molar-refractivity contribution is 7.87. The van der Waals surface area contributed by atoms with E-state index in [1.165, 1.54) is 0 Å². The molecule has 0 aliphatic carbocycles. The van der Waals surface area contributed by atoms with E-state index in [9.17, 15) is 21.6 Å². The van der Waals surface area contributed by atoms with Crippen molar-refractivity contribution in [3.63, 3.8) is 0 Å². The Hall–Kier alpha value is -1.57. The lowest BCUT2D eigenvalue weighted by Crippen LogP contribution is -2.23. The summed E-state index contributed by atoms with van der Waals surface area (Å²) in [6.45, 7) is 1.69. The number of alkyl halides is 3. The van der Waals surface area contributed by atoms with Crippen molar-refractivity contribution >= 4 is 16.3 Å². The smallest absolute Gasteiger partial charge is 0.262 e. The second kappa shape index (κ2) is 4.74. The summed E-state index contributed by atoms with van der Waals surface area (Å²) in [5.41, 5.74) is -4.29. The molecule has 0 saturated carbocycles. The van der Waals surface area contributed by atoms with E-state index >= 15 is 0 Å². The third-order valence-electron chi connectivity index (χ3n) is 1.80. The van der Waals surface area contributed by atoms with Gasteiger partial charge in [0.1, 0.15) is 0 Å². The van der Waals surface area contributed by atoms with Crippen LogP contribution in [0, 0.1) is 6.92 Å². The second-order valence-electron chi connectivity index (χ2n) is 3.07. The minimum atomic E-state index is -5.68. The molecule has 94 valence electrons. The number of aryl methyl sites for hydroxylation is 1. The third-order valence-corrected chi connectivity index (χ3v) is 2.65. The van der Waals surface area contributed by atoms with Crippen LogP contribution in [0.25, 0.3) is 0 Å². The molecular weight excluding hydrogens is 259 g/mol. The van der Waals surface area contributed by atoms with Crippen LogP contribution in [0.3, 0.4) is 0 Å². The van der Waals surface area contributed by atoms with Crippen molar-refractivity contribution < 1.29 is 25.9 Å². The van der Waals surface area contributed by atoms with Gasteiger partial charge in [-0.1, -0.05) is 29.4 Å². The van der Waals surface area contributed by atoms with Gasteiger partial charge in [0.2, 0.25) is 0 Å². The van der Waals surface area contributed by atoms with Crippen LogP contribution in [0.2, 0.25) is 0 Å². The highest BCUT2D eigenvalue weighted by Gasteiger charge is 2.48. The van der Waals surface area contributed by atoms with Crippen LogP contribution in [0.15, 0.2) is 29.4 Å². The van der Waals surface area contributed by atoms with Crippen molar-refractivity contribution in [2.45, 2.75) is 12.4 Å². The third kappa shape index (κ3) is 3.45. The van der Waals surface area contributed by atoms with E-state index in [4.69, 9.17) is 0 Å². The van der Waals surface area contributed by atoms with Crippen LogP contribution in [0.1, 0.15) is 11.1 Å². The van der Waals surface area contributed by atoms with Gasteiger partial charge < -0.3 is 0 Å². The minimum Gasteiger partial charge on any atom is -0.262 e. The summed E-state index contributed by atoms with van der Waals surface area (Å²) in [6.07, 6.45) is 0.901. The molecule has 0 heterocycles. The molecule has 17 heavy (non-hydrogen) atoms. The molecule has 0 radical (unpaired) electrons. The molecule has 0 atom stereocenters. The van der Waals surface area contributed by atoms with Crippen LogP contribution in [0.5, 0.6) is 0 Å². The van der Waals surface area contributed by atoms with E-state index in [0.717, 1.165) is 11.8 Å². The fourth-order valence-corrected chi connectivity index (χ4v) is 1.15. The van der Waals surface area contributed by atoms with E-state index in [1.54, 1.807) is 31.2 Å². The normalized spacial score (nSPS) is 12.9. The lowest BCUT2D eigenvalue weighted by atomic mass is 10.1. The summed E-state index contributed by atoms with van der Waals surface area (Å²) in [6, 6.07) is 6.61. The highest BCUT2D eigenvalue weighted by Crippen LogP contribution is 2.24. The van der Waals surface area contributed by atoms with Gasteiger partial charge in [0.15, 0.2) is 0 Å². The molecule has 0 N–H and O–H groups in total. The van der Waals surface area contributed by atoms with Crippen LogP contribution in [0.4, 0.5) is 13.2 Å². The Balaban J connectivity index is 2.80. The molecule has 0 amide bonds. The summed E-state index contributed by atoms with van der Waals surface area (Å²) >= 11 is 0. The van der Waals surface area contributed by atoms with Crippen molar-refractivity contribution in [1.29, 1.82) is 0 Å². The molecule has 1 aromatic carbocycles. The standard InChI is InChI=1S/C9H8F3NO3S/c1-7-4-2-3-5-8(7)6-13-16-17(14,15)9(10,11)12/h2-6H,1H3. The SMILES string of the molecule is Cc1ccccc1C=NOS(=O)(=O)C(F)(F)F. The quantitative estimate of drug-likeness (QED) is 0.479. The first-order chi connectivity index (χ1) is 7.74. The molecule has 0 aromatic heterocycles. The van der Waals surface area contributed by atoms with E-state index in [2.05, 4.69) is 9.44 Å². The summed E-state index contributed by atoms with van der Waals surface area (Å²) in [5, 5.41) is 2.81. The maximum atomic E-state index is 11.9. The molecule has 0 bridgehead atoms. The van der Waals surface area contributed by atoms with Crippen molar-refractivity contribution in [1.82, 2.24) is 0 Å². The molecule has 0 spiro atoms. The maximum Gasteiger partial charge on any atom is 0.536 e. The lowest BCUT2D eigenvalue weighted by Gasteiger charge is -2.04. The van der Waals surface area contributed by atoms with Gasteiger partial charge in [-0.15, -0.1) is 0 Å². The van der Waals surface area contributed by atoms with E-state index in [-0.39, 0.29) is 0 Å². The van der Waals surface area contributed by atoms with Crippen molar-refractivity contribution in [2.24, 2.45) is 5.16 Å². The van der Waals surface area contributed by atoms with Crippen LogP contribution in [-0.2, 0) is 14.4 Å². The molecule has 0 aliphatic heterocycles. The highest BCUT2D eigenvalue weighted by atomic mass is 32.2. The van der Waals surface area contributed by atoms with Crippen LogP contribution in [-0.4, -0.2) is 20.1 Å². The summed E-state index contributed by atoms with van der Waals surface area (Å²) in [5.74, 6) is 0. The molecule has 0 saturated heterocycles. The zero-order valence-electron chi connectivity index (χ0n) is 8.60. The van der Waals surface area contributed by atoms with Gasteiger partial charge >= 0.3 is 15.6 Å². The number of halogens is 3. The summed E-state index contributed by atoms with van der Waals surface area (Å²) in [7, 11) is -5.68. The topological polar surface area (TPSA) is 55.7 Å². The van der Waals surface area contributed by atoms with Crippen molar-refractivity contribution in [2.75, 3.05) is 0 Å². The summed E-state index contributed by atoms with van der Waals surface area (Å²) < 4.78 is 60.0. The Kier molecular flexibility index (Phi) is 3.76. The largest absolute Gasteiger partial charge is 0.536 e. The molecule has 1 rings (SSSR count). The van der Waals surface area contributed by atoms with Gasteiger partial charge in [0, 0.05) is 0 Å². The second-order valence-corrected chi connectivity index (χ2v) is 4.59. The average molecular weight is 267 g/mol. The monoisotopic (exact) mass is 267 g/mol. The van der Waals surface area contributed by atoms with E-state index < -0.39 is 15.6 Å². The predicted molar refractivity (Wildman–Crippen MR) is 54.8 cm³/mol. The molecule has 0 fully saturated rings. The zero-order chi connectivity index (χ0) is 13.1. The van der Waals surface area contributed by atoms with Crippen LogP contribution >= 0.6 is 0 Å². The zero-order valence-corrected chi connectivity index (χ0v) is 9.42. The van der Waals surface area contributed by atoms with Crippen molar-refractivity contribution in [3.05, 3.63) is 35.4 Å². The van der Waals surface area contributed by atoms with Crippen LogP contribution < -0.4 is 0 Å². The maximum absolute atomic E-state index is 11.9. The van der Waals surface area contributed by atoms with Gasteiger partial charge in [-0.25, -0.2) is 0 Å². The number of nitrogens with zero attached hydrogens (tertiary/aromatic N) is 1. The first-order valence-electron chi connectivity index (χ1n) is 4.33. The summed E-state index contributed by atoms with van der Waals surface area (Å²) in [4.78, 5) is 0. The number of hydrogen-bond donors (Lipinski definition) is 0. The molecule has 0 aliphatic rings. The van der Waals surface area contributed by atoms with E-state index in [1.807, 2.05) is 0 Å². The Bertz CT molecular complexity index is 523. The fraction of sp³-hybridized carbons (Fsp3) is 0.222. The number of benzene rings is 1. The number of oxime groups is 1. The predicted octanol–water partition coefficient (Wildman–Crippen LogP) is 2.20. The van der Waals surface area contributed by atoms with Gasteiger partial charge in [-0.05, 0) is 18.1 Å². The first-order valence-corrected chi connectivity index (χ1v) is 5.74. The molecule has 4 nitrogen and oxygen atoms in total. The van der Waals surface area contributed by atoms with Gasteiger partial charge in [0.25, 0.3) is 0 Å². The molecule has 1 aromatic rings. The number of hydrogen-bond acceptors (Lipinski definition) is 4. The average Bonchev–Trinajstić information content (AvgIpc) is 2.19. The Morgan fingerprint density at radius 1 is 1.29 bits per heavy atom.